The van der Waals surface area contributed by atoms with E-state index in [0.29, 0.717) is 5.69 Å². The summed E-state index contributed by atoms with van der Waals surface area (Å²) in [6.45, 7) is 3.58. The van der Waals surface area contributed by atoms with Gasteiger partial charge in [0.15, 0.2) is 5.78 Å². The van der Waals surface area contributed by atoms with Gasteiger partial charge in [-0.05, 0) is 24.6 Å². The molecule has 0 unspecified atom stereocenters. The van der Waals surface area contributed by atoms with Crippen LogP contribution in [0.4, 0.5) is 0 Å². The van der Waals surface area contributed by atoms with Crippen LogP contribution in [-0.4, -0.2) is 15.3 Å². The first-order valence-corrected chi connectivity index (χ1v) is 5.95. The number of hydrogen-bond acceptors (Lipinski definition) is 2. The van der Waals surface area contributed by atoms with Gasteiger partial charge in [0.1, 0.15) is 11.3 Å². The van der Waals surface area contributed by atoms with Gasteiger partial charge < -0.3 is 4.57 Å². The fraction of sp³-hybridized carbons (Fsp3) is 0.200. The maximum Gasteiger partial charge on any atom is 0.178 e. The van der Waals surface area contributed by atoms with Crippen LogP contribution in [0.3, 0.4) is 0 Å². The number of fused-ring (bicyclic) bond motifs is 3. The Morgan fingerprint density at radius 2 is 2.00 bits per heavy atom. The lowest BCUT2D eigenvalue weighted by Gasteiger charge is -2.02. The molecule has 0 radical (unpaired) electrons. The van der Waals surface area contributed by atoms with Gasteiger partial charge in [0.25, 0.3) is 0 Å². The number of benzene rings is 1. The van der Waals surface area contributed by atoms with E-state index in [9.17, 15) is 4.79 Å². The first-order chi connectivity index (χ1) is 8.59. The van der Waals surface area contributed by atoms with E-state index >= 15 is 0 Å². The van der Waals surface area contributed by atoms with Crippen molar-refractivity contribution in [2.75, 3.05) is 0 Å². The molecule has 18 heavy (non-hydrogen) atoms. The van der Waals surface area contributed by atoms with Crippen LogP contribution in [0.15, 0.2) is 30.3 Å². The summed E-state index contributed by atoms with van der Waals surface area (Å²) in [6.07, 6.45) is 0. The predicted molar refractivity (Wildman–Crippen MR) is 73.0 cm³/mol. The molecule has 0 N–H and O–H groups in total. The second-order valence-electron chi connectivity index (χ2n) is 4.66. The molecule has 3 aromatic rings. The Morgan fingerprint density at radius 3 is 2.72 bits per heavy atom. The molecule has 0 aliphatic carbocycles. The lowest BCUT2D eigenvalue weighted by atomic mass is 10.1. The lowest BCUT2D eigenvalue weighted by molar-refractivity contribution is 0.101. The standard InChI is InChI=1S/C15H14N2O/c1-9-8-12(10(2)18)16-15-14(9)11-6-4-5-7-13(11)17(15)3/h4-8H,1-3H3. The normalized spacial score (nSPS) is 11.3. The molecule has 2 aromatic heterocycles. The monoisotopic (exact) mass is 238 g/mol. The second kappa shape index (κ2) is 3.67. The molecular formula is C15H14N2O. The zero-order valence-electron chi connectivity index (χ0n) is 10.7. The third-order valence-corrected chi connectivity index (χ3v) is 3.41. The van der Waals surface area contributed by atoms with Gasteiger partial charge in [0.2, 0.25) is 0 Å². The largest absolute Gasteiger partial charge is 0.328 e. The summed E-state index contributed by atoms with van der Waals surface area (Å²) >= 11 is 0. The van der Waals surface area contributed by atoms with Crippen LogP contribution in [0.2, 0.25) is 0 Å². The highest BCUT2D eigenvalue weighted by Gasteiger charge is 2.13. The summed E-state index contributed by atoms with van der Waals surface area (Å²) in [4.78, 5) is 16.0. The van der Waals surface area contributed by atoms with Gasteiger partial charge in [0, 0.05) is 24.7 Å². The van der Waals surface area contributed by atoms with Crippen LogP contribution in [-0.2, 0) is 7.05 Å². The molecule has 3 nitrogen and oxygen atoms in total. The molecule has 0 fully saturated rings. The molecule has 0 saturated heterocycles. The summed E-state index contributed by atoms with van der Waals surface area (Å²) in [5, 5.41) is 2.33. The average molecular weight is 238 g/mol. The zero-order chi connectivity index (χ0) is 12.9. The van der Waals surface area contributed by atoms with Gasteiger partial charge in [0.05, 0.1) is 5.52 Å². The number of carbonyl (C=O) groups is 1. The van der Waals surface area contributed by atoms with Crippen molar-refractivity contribution in [3.8, 4) is 0 Å². The molecule has 0 saturated carbocycles. The molecule has 1 aromatic carbocycles. The molecule has 3 rings (SSSR count). The Bertz CT molecular complexity index is 784. The van der Waals surface area contributed by atoms with Gasteiger partial charge in [-0.1, -0.05) is 18.2 Å². The number of pyridine rings is 1. The van der Waals surface area contributed by atoms with Gasteiger partial charge >= 0.3 is 0 Å². The number of aromatic nitrogens is 2. The molecule has 0 bridgehead atoms. The van der Waals surface area contributed by atoms with Crippen LogP contribution >= 0.6 is 0 Å². The Morgan fingerprint density at radius 1 is 1.28 bits per heavy atom. The van der Waals surface area contributed by atoms with Crippen LogP contribution < -0.4 is 0 Å². The number of rotatable bonds is 1. The minimum absolute atomic E-state index is 0.00487. The Labute approximate surface area is 105 Å². The minimum atomic E-state index is 0.00487. The number of carbonyl (C=O) groups excluding carboxylic acids is 1. The minimum Gasteiger partial charge on any atom is -0.328 e. The van der Waals surface area contributed by atoms with Gasteiger partial charge in [-0.2, -0.15) is 0 Å². The van der Waals surface area contributed by atoms with E-state index in [4.69, 9.17) is 0 Å². The van der Waals surface area contributed by atoms with Crippen molar-refractivity contribution in [1.29, 1.82) is 0 Å². The van der Waals surface area contributed by atoms with E-state index in [2.05, 4.69) is 17.1 Å². The van der Waals surface area contributed by atoms with Crippen LogP contribution in [0.1, 0.15) is 23.0 Å². The van der Waals surface area contributed by atoms with E-state index < -0.39 is 0 Å². The predicted octanol–water partition coefficient (Wildman–Crippen LogP) is 3.24. The van der Waals surface area contributed by atoms with E-state index in [1.54, 1.807) is 6.92 Å². The van der Waals surface area contributed by atoms with Crippen molar-refractivity contribution in [2.45, 2.75) is 13.8 Å². The van der Waals surface area contributed by atoms with Crippen molar-refractivity contribution in [2.24, 2.45) is 7.05 Å². The summed E-state index contributed by atoms with van der Waals surface area (Å²) in [7, 11) is 1.99. The Kier molecular flexibility index (Phi) is 2.23. The van der Waals surface area contributed by atoms with Crippen LogP contribution in [0.25, 0.3) is 21.9 Å². The maximum atomic E-state index is 11.5. The third-order valence-electron chi connectivity index (χ3n) is 3.41. The summed E-state index contributed by atoms with van der Waals surface area (Å²) in [6, 6.07) is 10.1. The highest BCUT2D eigenvalue weighted by molar-refractivity contribution is 6.09. The third kappa shape index (κ3) is 1.37. The molecule has 0 aliphatic heterocycles. The van der Waals surface area contributed by atoms with E-state index in [1.807, 2.05) is 36.7 Å². The van der Waals surface area contributed by atoms with E-state index in [-0.39, 0.29) is 5.78 Å². The molecule has 0 spiro atoms. The van der Waals surface area contributed by atoms with Gasteiger partial charge in [-0.25, -0.2) is 4.98 Å². The summed E-state index contributed by atoms with van der Waals surface area (Å²) in [5.41, 5.74) is 3.65. The van der Waals surface area contributed by atoms with Gasteiger partial charge in [-0.3, -0.25) is 4.79 Å². The molecule has 90 valence electrons. The van der Waals surface area contributed by atoms with E-state index in [0.717, 1.165) is 22.1 Å². The maximum absolute atomic E-state index is 11.5. The molecule has 3 heteroatoms. The Balaban J connectivity index is 2.56. The molecule has 0 aliphatic rings. The highest BCUT2D eigenvalue weighted by Crippen LogP contribution is 2.29. The number of aryl methyl sites for hydroxylation is 2. The lowest BCUT2D eigenvalue weighted by Crippen LogP contribution is -2.00. The number of ketones is 1. The highest BCUT2D eigenvalue weighted by atomic mass is 16.1. The van der Waals surface area contributed by atoms with Crippen molar-refractivity contribution < 1.29 is 4.79 Å². The first-order valence-electron chi connectivity index (χ1n) is 5.95. The zero-order valence-corrected chi connectivity index (χ0v) is 10.7. The number of nitrogens with zero attached hydrogens (tertiary/aromatic N) is 2. The quantitative estimate of drug-likeness (QED) is 0.610. The van der Waals surface area contributed by atoms with Crippen LogP contribution in [0, 0.1) is 6.92 Å². The molecule has 0 amide bonds. The fourth-order valence-electron chi connectivity index (χ4n) is 2.50. The van der Waals surface area contributed by atoms with Crippen molar-refractivity contribution in [3.05, 3.63) is 41.6 Å². The number of hydrogen-bond donors (Lipinski definition) is 0. The molecule has 0 atom stereocenters. The summed E-state index contributed by atoms with van der Waals surface area (Å²) in [5.74, 6) is 0.00487. The van der Waals surface area contributed by atoms with E-state index in [1.165, 1.54) is 5.39 Å². The molecule has 2 heterocycles. The topological polar surface area (TPSA) is 34.9 Å². The number of para-hydroxylation sites is 1. The van der Waals surface area contributed by atoms with Gasteiger partial charge in [-0.15, -0.1) is 0 Å². The van der Waals surface area contributed by atoms with Crippen molar-refractivity contribution in [3.63, 3.8) is 0 Å². The average Bonchev–Trinajstić information content (AvgIpc) is 2.64. The first kappa shape index (κ1) is 11.0. The Hall–Kier alpha value is -2.16. The van der Waals surface area contributed by atoms with Crippen LogP contribution in [0.5, 0.6) is 0 Å². The fourth-order valence-corrected chi connectivity index (χ4v) is 2.50. The van der Waals surface area contributed by atoms with Crippen molar-refractivity contribution in [1.82, 2.24) is 9.55 Å². The molecular weight excluding hydrogens is 224 g/mol. The second-order valence-corrected chi connectivity index (χ2v) is 4.66. The van der Waals surface area contributed by atoms with Crippen molar-refractivity contribution >= 4 is 27.7 Å². The number of Topliss-reactive ketones (excluding diaryl/α,β-unsaturated/α-hetero) is 1. The smallest absolute Gasteiger partial charge is 0.178 e. The SMILES string of the molecule is CC(=O)c1cc(C)c2c3ccccc3n(C)c2n1. The summed E-state index contributed by atoms with van der Waals surface area (Å²) < 4.78 is 2.05.